The smallest absolute Gasteiger partial charge is 0.141 e. The van der Waals surface area contributed by atoms with Crippen molar-refractivity contribution in [2.24, 2.45) is 0 Å². The maximum Gasteiger partial charge on any atom is 0.141 e. The van der Waals surface area contributed by atoms with Crippen LogP contribution in [-0.4, -0.2) is 11.6 Å². The molecule has 1 aliphatic heterocycles. The summed E-state index contributed by atoms with van der Waals surface area (Å²) in [5.41, 5.74) is 1.04. The van der Waals surface area contributed by atoms with Crippen molar-refractivity contribution in [3.8, 4) is 0 Å². The van der Waals surface area contributed by atoms with Crippen LogP contribution in [0.25, 0.3) is 0 Å². The van der Waals surface area contributed by atoms with Gasteiger partial charge in [-0.1, -0.05) is 0 Å². The molecular weight excluding hydrogens is 165 g/mol. The summed E-state index contributed by atoms with van der Waals surface area (Å²) in [5, 5.41) is 0.584. The van der Waals surface area contributed by atoms with E-state index in [0.29, 0.717) is 11.6 Å². The minimum Gasteiger partial charge on any atom is -0.375 e. The fraction of sp³-hybridized carbons (Fsp3) is 0.571. The highest BCUT2D eigenvalue weighted by Crippen LogP contribution is 2.23. The van der Waals surface area contributed by atoms with Crippen molar-refractivity contribution in [3.05, 3.63) is 15.6 Å². The third-order valence-corrected chi connectivity index (χ3v) is 2.69. The Hall–Kier alpha value is -0.480. The second-order valence-electron chi connectivity index (χ2n) is 2.41. The molecule has 4 heteroatoms. The molecule has 2 heterocycles. The van der Waals surface area contributed by atoms with Crippen LogP contribution in [0.3, 0.4) is 0 Å². The normalized spacial score (nSPS) is 16.5. The Balaban J connectivity index is 2.32. The van der Waals surface area contributed by atoms with Gasteiger partial charge in [0.15, 0.2) is 0 Å². The maximum absolute atomic E-state index is 12.1. The number of nitrogens with zero attached hydrogens (tertiary/aromatic N) is 1. The number of thiazole rings is 1. The predicted octanol–water partition coefficient (Wildman–Crippen LogP) is 1.69. The standard InChI is InChI=1S/C7H8FNOS/c8-3-7-9-5-1-2-10-4-6(5)11-7/h1-4H2. The molecule has 2 nitrogen and oxygen atoms in total. The van der Waals surface area contributed by atoms with E-state index in [0.717, 1.165) is 23.6 Å². The Morgan fingerprint density at radius 1 is 1.64 bits per heavy atom. The molecule has 0 amide bonds. The summed E-state index contributed by atoms with van der Waals surface area (Å²) in [4.78, 5) is 5.23. The zero-order valence-corrected chi connectivity index (χ0v) is 6.79. The van der Waals surface area contributed by atoms with Gasteiger partial charge in [-0.15, -0.1) is 11.3 Å². The molecule has 0 radical (unpaired) electrons. The van der Waals surface area contributed by atoms with E-state index in [4.69, 9.17) is 4.74 Å². The third-order valence-electron chi connectivity index (χ3n) is 1.65. The lowest BCUT2D eigenvalue weighted by molar-refractivity contribution is 0.112. The van der Waals surface area contributed by atoms with E-state index in [2.05, 4.69) is 4.98 Å². The Bertz CT molecular complexity index is 237. The molecule has 0 saturated carbocycles. The second kappa shape index (κ2) is 2.87. The number of fused-ring (bicyclic) bond motifs is 1. The highest BCUT2D eigenvalue weighted by molar-refractivity contribution is 7.11. The summed E-state index contributed by atoms with van der Waals surface area (Å²) in [7, 11) is 0. The molecule has 1 aromatic rings. The molecule has 1 aromatic heterocycles. The van der Waals surface area contributed by atoms with Gasteiger partial charge in [0.05, 0.1) is 23.8 Å². The molecule has 0 N–H and O–H groups in total. The maximum atomic E-state index is 12.1. The molecule has 0 atom stereocenters. The van der Waals surface area contributed by atoms with Crippen molar-refractivity contribution >= 4 is 11.3 Å². The number of hydrogen-bond acceptors (Lipinski definition) is 3. The summed E-state index contributed by atoms with van der Waals surface area (Å²) < 4.78 is 17.3. The first-order valence-corrected chi connectivity index (χ1v) is 4.33. The highest BCUT2D eigenvalue weighted by Gasteiger charge is 2.14. The summed E-state index contributed by atoms with van der Waals surface area (Å²) in [6, 6.07) is 0. The van der Waals surface area contributed by atoms with E-state index >= 15 is 0 Å². The third kappa shape index (κ3) is 1.28. The summed E-state index contributed by atoms with van der Waals surface area (Å²) in [6.07, 6.45) is 0.839. The van der Waals surface area contributed by atoms with Crippen LogP contribution in [-0.2, 0) is 24.4 Å². The molecule has 11 heavy (non-hydrogen) atoms. The van der Waals surface area contributed by atoms with Gasteiger partial charge in [0.25, 0.3) is 0 Å². The van der Waals surface area contributed by atoms with Crippen molar-refractivity contribution < 1.29 is 9.13 Å². The lowest BCUT2D eigenvalue weighted by atomic mass is 10.2. The molecule has 0 saturated heterocycles. The number of aromatic nitrogens is 1. The van der Waals surface area contributed by atoms with Crippen LogP contribution in [0.2, 0.25) is 0 Å². The molecule has 0 bridgehead atoms. The fourth-order valence-corrected chi connectivity index (χ4v) is 2.04. The Morgan fingerprint density at radius 3 is 3.27 bits per heavy atom. The van der Waals surface area contributed by atoms with Crippen molar-refractivity contribution in [3.63, 3.8) is 0 Å². The van der Waals surface area contributed by atoms with Gasteiger partial charge in [-0.25, -0.2) is 9.37 Å². The monoisotopic (exact) mass is 173 g/mol. The van der Waals surface area contributed by atoms with Crippen LogP contribution in [0.5, 0.6) is 0 Å². The summed E-state index contributed by atoms with van der Waals surface area (Å²) in [6.45, 7) is 0.896. The van der Waals surface area contributed by atoms with Crippen LogP contribution in [0, 0.1) is 0 Å². The second-order valence-corrected chi connectivity index (χ2v) is 3.58. The van der Waals surface area contributed by atoms with Crippen molar-refractivity contribution in [2.45, 2.75) is 19.7 Å². The number of hydrogen-bond donors (Lipinski definition) is 0. The van der Waals surface area contributed by atoms with Gasteiger partial charge in [0.1, 0.15) is 11.7 Å². The first kappa shape index (κ1) is 7.18. The molecular formula is C7H8FNOS. The van der Waals surface area contributed by atoms with Gasteiger partial charge in [-0.2, -0.15) is 0 Å². The first-order chi connectivity index (χ1) is 5.40. The van der Waals surface area contributed by atoms with Gasteiger partial charge in [0, 0.05) is 6.42 Å². The number of alkyl halides is 1. The lowest BCUT2D eigenvalue weighted by Crippen LogP contribution is -2.07. The molecule has 2 rings (SSSR count). The zero-order chi connectivity index (χ0) is 7.68. The average molecular weight is 173 g/mol. The first-order valence-electron chi connectivity index (χ1n) is 3.51. The van der Waals surface area contributed by atoms with Crippen molar-refractivity contribution in [1.29, 1.82) is 0 Å². The average Bonchev–Trinajstić information content (AvgIpc) is 2.46. The molecule has 0 aliphatic carbocycles. The number of rotatable bonds is 1. The summed E-state index contributed by atoms with van der Waals surface area (Å²) in [5.74, 6) is 0. The highest BCUT2D eigenvalue weighted by atomic mass is 32.1. The number of halogens is 1. The Labute approximate surface area is 68.0 Å². The fourth-order valence-electron chi connectivity index (χ4n) is 1.14. The summed E-state index contributed by atoms with van der Waals surface area (Å²) >= 11 is 1.42. The van der Waals surface area contributed by atoms with E-state index in [-0.39, 0.29) is 0 Å². The van der Waals surface area contributed by atoms with E-state index < -0.39 is 6.67 Å². The van der Waals surface area contributed by atoms with E-state index in [9.17, 15) is 4.39 Å². The van der Waals surface area contributed by atoms with Gasteiger partial charge < -0.3 is 4.74 Å². The van der Waals surface area contributed by atoms with Crippen LogP contribution < -0.4 is 0 Å². The zero-order valence-electron chi connectivity index (χ0n) is 5.97. The largest absolute Gasteiger partial charge is 0.375 e. The van der Waals surface area contributed by atoms with Gasteiger partial charge in [-0.05, 0) is 0 Å². The van der Waals surface area contributed by atoms with Crippen molar-refractivity contribution in [1.82, 2.24) is 4.98 Å². The van der Waals surface area contributed by atoms with Gasteiger partial charge in [-0.3, -0.25) is 0 Å². The van der Waals surface area contributed by atoms with Crippen molar-refractivity contribution in [2.75, 3.05) is 6.61 Å². The van der Waals surface area contributed by atoms with E-state index in [1.54, 1.807) is 0 Å². The SMILES string of the molecule is FCc1nc2c(s1)COCC2. The van der Waals surface area contributed by atoms with E-state index in [1.165, 1.54) is 11.3 Å². The van der Waals surface area contributed by atoms with Crippen LogP contribution in [0.1, 0.15) is 15.6 Å². The molecule has 0 aromatic carbocycles. The molecule has 1 aliphatic rings. The molecule has 0 spiro atoms. The molecule has 60 valence electrons. The minimum atomic E-state index is -0.447. The minimum absolute atomic E-state index is 0.447. The quantitative estimate of drug-likeness (QED) is 0.644. The van der Waals surface area contributed by atoms with Gasteiger partial charge >= 0.3 is 0 Å². The van der Waals surface area contributed by atoms with E-state index in [1.807, 2.05) is 0 Å². The van der Waals surface area contributed by atoms with Crippen LogP contribution >= 0.6 is 11.3 Å². The Kier molecular flexibility index (Phi) is 1.87. The lowest BCUT2D eigenvalue weighted by Gasteiger charge is -2.08. The predicted molar refractivity (Wildman–Crippen MR) is 40.3 cm³/mol. The molecule has 0 unspecified atom stereocenters. The van der Waals surface area contributed by atoms with Gasteiger partial charge in [0.2, 0.25) is 0 Å². The van der Waals surface area contributed by atoms with Crippen LogP contribution in [0.4, 0.5) is 4.39 Å². The number of ether oxygens (including phenoxy) is 1. The molecule has 0 fully saturated rings. The van der Waals surface area contributed by atoms with Crippen LogP contribution in [0.15, 0.2) is 0 Å². The Morgan fingerprint density at radius 2 is 2.55 bits per heavy atom. The topological polar surface area (TPSA) is 22.1 Å².